The summed E-state index contributed by atoms with van der Waals surface area (Å²) >= 11 is 0. The first-order valence-electron chi connectivity index (χ1n) is 6.92. The van der Waals surface area contributed by atoms with E-state index >= 15 is 0 Å². The largest absolute Gasteiger partial charge is 0.461 e. The molecule has 1 aromatic carbocycles. The van der Waals surface area contributed by atoms with Crippen LogP contribution in [-0.2, 0) is 18.3 Å². The van der Waals surface area contributed by atoms with Crippen LogP contribution >= 0.6 is 0 Å². The fourth-order valence-electron chi connectivity index (χ4n) is 2.45. The number of benzene rings is 1. The van der Waals surface area contributed by atoms with Crippen LogP contribution in [0.1, 0.15) is 23.2 Å². The maximum Gasteiger partial charge on any atom is 0.354 e. The van der Waals surface area contributed by atoms with Crippen molar-refractivity contribution in [1.29, 1.82) is 0 Å². The van der Waals surface area contributed by atoms with E-state index in [0.29, 0.717) is 18.8 Å². The second kappa shape index (κ2) is 5.44. The Hall–Kier alpha value is -2.56. The number of aromatic nitrogens is 3. The summed E-state index contributed by atoms with van der Waals surface area (Å²) in [6.07, 6.45) is 3.65. The van der Waals surface area contributed by atoms with E-state index in [1.165, 1.54) is 0 Å². The number of carbonyl (C=O) groups excluding carboxylic acids is 1. The zero-order valence-corrected chi connectivity index (χ0v) is 12.1. The van der Waals surface area contributed by atoms with E-state index in [1.54, 1.807) is 6.20 Å². The highest BCUT2D eigenvalue weighted by Crippen LogP contribution is 2.21. The van der Waals surface area contributed by atoms with Gasteiger partial charge in [0.25, 0.3) is 0 Å². The van der Waals surface area contributed by atoms with Crippen LogP contribution in [0.4, 0.5) is 0 Å². The fourth-order valence-corrected chi connectivity index (χ4v) is 2.45. The molecule has 0 fully saturated rings. The number of aryl methyl sites for hydroxylation is 1. The molecule has 0 aliphatic heterocycles. The molecular weight excluding hydrogens is 266 g/mol. The number of fused-ring (bicyclic) bond motifs is 1. The van der Waals surface area contributed by atoms with E-state index in [9.17, 15) is 4.79 Å². The van der Waals surface area contributed by atoms with Crippen molar-refractivity contribution >= 4 is 16.9 Å². The number of carbonyl (C=O) groups is 1. The Morgan fingerprint density at radius 2 is 2.14 bits per heavy atom. The van der Waals surface area contributed by atoms with Crippen molar-refractivity contribution in [3.8, 4) is 0 Å². The summed E-state index contributed by atoms with van der Waals surface area (Å²) < 4.78 is 9.06. The second-order valence-corrected chi connectivity index (χ2v) is 4.85. The Morgan fingerprint density at radius 1 is 1.33 bits per heavy atom. The second-order valence-electron chi connectivity index (χ2n) is 4.85. The van der Waals surface area contributed by atoms with Crippen molar-refractivity contribution < 1.29 is 9.53 Å². The smallest absolute Gasteiger partial charge is 0.354 e. The van der Waals surface area contributed by atoms with Gasteiger partial charge in [0.2, 0.25) is 0 Å². The predicted octanol–water partition coefficient (Wildman–Crippen LogP) is 2.60. The highest BCUT2D eigenvalue weighted by molar-refractivity contribution is 5.95. The fraction of sp³-hybridized carbons (Fsp3) is 0.250. The van der Waals surface area contributed by atoms with Crippen molar-refractivity contribution in [2.45, 2.75) is 13.5 Å². The molecule has 0 saturated heterocycles. The number of rotatable bonds is 4. The third-order valence-electron chi connectivity index (χ3n) is 3.52. The minimum atomic E-state index is -0.303. The molecule has 3 aromatic rings. The number of hydrogen-bond acceptors (Lipinski definition) is 3. The summed E-state index contributed by atoms with van der Waals surface area (Å²) in [5.41, 5.74) is 1.56. The van der Waals surface area contributed by atoms with Crippen LogP contribution in [-0.4, -0.2) is 26.7 Å². The van der Waals surface area contributed by atoms with Crippen molar-refractivity contribution in [1.82, 2.24) is 14.1 Å². The molecule has 0 aliphatic rings. The van der Waals surface area contributed by atoms with Crippen LogP contribution in [0.2, 0.25) is 0 Å². The highest BCUT2D eigenvalue weighted by atomic mass is 16.5. The first-order valence-corrected chi connectivity index (χ1v) is 6.92. The van der Waals surface area contributed by atoms with Gasteiger partial charge in [0, 0.05) is 30.3 Å². The molecule has 21 heavy (non-hydrogen) atoms. The van der Waals surface area contributed by atoms with E-state index in [-0.39, 0.29) is 5.97 Å². The molecule has 0 bridgehead atoms. The Labute approximate surface area is 122 Å². The molecule has 0 radical (unpaired) electrons. The number of hydrogen-bond donors (Lipinski definition) is 0. The van der Waals surface area contributed by atoms with Crippen LogP contribution < -0.4 is 0 Å². The van der Waals surface area contributed by atoms with Gasteiger partial charge >= 0.3 is 5.97 Å². The van der Waals surface area contributed by atoms with E-state index in [4.69, 9.17) is 4.74 Å². The number of ether oxygens (including phenoxy) is 1. The van der Waals surface area contributed by atoms with E-state index in [1.807, 2.05) is 59.6 Å². The Kier molecular flexibility index (Phi) is 3.48. The summed E-state index contributed by atoms with van der Waals surface area (Å²) in [5, 5.41) is 1.02. The first kappa shape index (κ1) is 13.4. The molecule has 0 aliphatic carbocycles. The normalized spacial score (nSPS) is 11.0. The van der Waals surface area contributed by atoms with Gasteiger partial charge in [-0.25, -0.2) is 9.78 Å². The molecule has 0 saturated carbocycles. The highest BCUT2D eigenvalue weighted by Gasteiger charge is 2.17. The SMILES string of the molecule is CCOC(=O)c1cc2ccccc2n1Cc1nccn1C. The van der Waals surface area contributed by atoms with Gasteiger partial charge in [-0.05, 0) is 19.1 Å². The van der Waals surface area contributed by atoms with Crippen molar-refractivity contribution in [2.75, 3.05) is 6.61 Å². The zero-order valence-electron chi connectivity index (χ0n) is 12.1. The maximum atomic E-state index is 12.2. The lowest BCUT2D eigenvalue weighted by Crippen LogP contribution is -2.14. The monoisotopic (exact) mass is 283 g/mol. The van der Waals surface area contributed by atoms with Crippen molar-refractivity contribution in [3.63, 3.8) is 0 Å². The minimum Gasteiger partial charge on any atom is -0.461 e. The van der Waals surface area contributed by atoms with Crippen LogP contribution in [0.3, 0.4) is 0 Å². The Morgan fingerprint density at radius 3 is 2.86 bits per heavy atom. The quantitative estimate of drug-likeness (QED) is 0.691. The van der Waals surface area contributed by atoms with E-state index < -0.39 is 0 Å². The third-order valence-corrected chi connectivity index (χ3v) is 3.52. The average Bonchev–Trinajstić information content (AvgIpc) is 3.05. The molecule has 0 spiro atoms. The minimum absolute atomic E-state index is 0.303. The molecule has 2 heterocycles. The Bertz CT molecular complexity index is 786. The van der Waals surface area contributed by atoms with Gasteiger partial charge in [0.1, 0.15) is 11.5 Å². The van der Waals surface area contributed by atoms with Crippen molar-refractivity contribution in [3.05, 3.63) is 54.2 Å². The zero-order chi connectivity index (χ0) is 14.8. The molecule has 0 atom stereocenters. The lowest BCUT2D eigenvalue weighted by Gasteiger charge is -2.10. The first-order chi connectivity index (χ1) is 10.2. The standard InChI is InChI=1S/C16H17N3O2/c1-3-21-16(20)14-10-12-6-4-5-7-13(12)19(14)11-15-17-8-9-18(15)2/h4-10H,3,11H2,1-2H3. The molecule has 5 heteroatoms. The molecule has 108 valence electrons. The predicted molar refractivity (Wildman–Crippen MR) is 80.2 cm³/mol. The van der Waals surface area contributed by atoms with Crippen LogP contribution in [0.15, 0.2) is 42.7 Å². The van der Waals surface area contributed by atoms with Crippen LogP contribution in [0, 0.1) is 0 Å². The van der Waals surface area contributed by atoms with Gasteiger partial charge in [-0.1, -0.05) is 18.2 Å². The summed E-state index contributed by atoms with van der Waals surface area (Å²) in [6.45, 7) is 2.71. The maximum absolute atomic E-state index is 12.2. The van der Waals surface area contributed by atoms with Crippen LogP contribution in [0.5, 0.6) is 0 Å². The lowest BCUT2D eigenvalue weighted by atomic mass is 10.2. The number of imidazole rings is 1. The molecule has 5 nitrogen and oxygen atoms in total. The van der Waals surface area contributed by atoms with Gasteiger partial charge in [-0.3, -0.25) is 0 Å². The topological polar surface area (TPSA) is 49.1 Å². The molecule has 0 N–H and O–H groups in total. The summed E-state index contributed by atoms with van der Waals surface area (Å²) in [4.78, 5) is 16.5. The molecule has 0 amide bonds. The summed E-state index contributed by atoms with van der Waals surface area (Å²) in [7, 11) is 1.94. The summed E-state index contributed by atoms with van der Waals surface area (Å²) in [5.74, 6) is 0.588. The molecule has 0 unspecified atom stereocenters. The number of esters is 1. The Balaban J connectivity index is 2.11. The van der Waals surface area contributed by atoms with Gasteiger partial charge in [0.15, 0.2) is 0 Å². The molecular formula is C16H17N3O2. The summed E-state index contributed by atoms with van der Waals surface area (Å²) in [6, 6.07) is 9.79. The molecule has 2 aromatic heterocycles. The van der Waals surface area contributed by atoms with Crippen LogP contribution in [0.25, 0.3) is 10.9 Å². The third kappa shape index (κ3) is 2.42. The number of para-hydroxylation sites is 1. The van der Waals surface area contributed by atoms with E-state index in [2.05, 4.69) is 4.98 Å². The molecule has 3 rings (SSSR count). The number of nitrogens with zero attached hydrogens (tertiary/aromatic N) is 3. The van der Waals surface area contributed by atoms with Gasteiger partial charge in [-0.15, -0.1) is 0 Å². The average molecular weight is 283 g/mol. The lowest BCUT2D eigenvalue weighted by molar-refractivity contribution is 0.0515. The van der Waals surface area contributed by atoms with Gasteiger partial charge in [-0.2, -0.15) is 0 Å². The van der Waals surface area contributed by atoms with E-state index in [0.717, 1.165) is 16.7 Å². The van der Waals surface area contributed by atoms with Gasteiger partial charge < -0.3 is 13.9 Å². The van der Waals surface area contributed by atoms with Gasteiger partial charge in [0.05, 0.1) is 13.2 Å². The van der Waals surface area contributed by atoms with Crippen molar-refractivity contribution in [2.24, 2.45) is 7.05 Å².